The smallest absolute Gasteiger partial charge is 0.275 e. The largest absolute Gasteiger partial charge is 0.494 e. The first-order valence-corrected chi connectivity index (χ1v) is 8.16. The second-order valence-electron chi connectivity index (χ2n) is 5.89. The molecule has 0 aliphatic carbocycles. The molecule has 9 heteroatoms. The molecule has 0 atom stereocenters. The lowest BCUT2D eigenvalue weighted by molar-refractivity contribution is 0.0176. The van der Waals surface area contributed by atoms with Crippen LogP contribution in [0, 0.1) is 6.92 Å². The molecule has 5 nitrogen and oxygen atoms in total. The molecule has 2 heterocycles. The summed E-state index contributed by atoms with van der Waals surface area (Å²) in [5.74, 6) is -3.51. The molecule has 0 saturated carbocycles. The Kier molecular flexibility index (Phi) is 4.70. The zero-order chi connectivity index (χ0) is 19.1. The molecule has 0 aliphatic heterocycles. The van der Waals surface area contributed by atoms with Crippen LogP contribution in [0.4, 0.5) is 24.7 Å². The quantitative estimate of drug-likeness (QED) is 0.613. The van der Waals surface area contributed by atoms with E-state index < -0.39 is 18.2 Å². The molecule has 0 unspecified atom stereocenters. The Morgan fingerprint density at radius 3 is 2.73 bits per heavy atom. The van der Waals surface area contributed by atoms with E-state index in [0.29, 0.717) is 22.2 Å². The van der Waals surface area contributed by atoms with Crippen molar-refractivity contribution >= 4 is 33.9 Å². The van der Waals surface area contributed by atoms with E-state index in [9.17, 15) is 18.3 Å². The Bertz CT molecular complexity index is 969. The van der Waals surface area contributed by atoms with E-state index in [-0.39, 0.29) is 23.5 Å². The predicted octanol–water partition coefficient (Wildman–Crippen LogP) is 4.92. The molecule has 0 fully saturated rings. The van der Waals surface area contributed by atoms with Gasteiger partial charge in [-0.1, -0.05) is 12.1 Å². The van der Waals surface area contributed by atoms with Crippen LogP contribution < -0.4 is 5.32 Å². The van der Waals surface area contributed by atoms with Gasteiger partial charge in [0.15, 0.2) is 0 Å². The van der Waals surface area contributed by atoms with Crippen molar-refractivity contribution < 1.29 is 18.3 Å². The van der Waals surface area contributed by atoms with Crippen LogP contribution >= 0.6 is 11.6 Å². The Morgan fingerprint density at radius 1 is 1.35 bits per heavy atom. The molecule has 2 aromatic heterocycles. The average Bonchev–Trinajstić information content (AvgIpc) is 2.80. The monoisotopic (exact) mass is 384 g/mol. The molecule has 0 saturated heterocycles. The van der Waals surface area contributed by atoms with Crippen LogP contribution in [-0.4, -0.2) is 26.3 Å². The highest BCUT2D eigenvalue weighted by Crippen LogP contribution is 2.39. The van der Waals surface area contributed by atoms with Gasteiger partial charge in [0.2, 0.25) is 11.2 Å². The van der Waals surface area contributed by atoms with Crippen molar-refractivity contribution in [2.24, 2.45) is 0 Å². The van der Waals surface area contributed by atoms with Crippen molar-refractivity contribution in [1.29, 1.82) is 0 Å². The lowest BCUT2D eigenvalue weighted by atomic mass is 10.1. The molecule has 0 aliphatic rings. The lowest BCUT2D eigenvalue weighted by Crippen LogP contribution is -2.12. The molecule has 0 spiro atoms. The van der Waals surface area contributed by atoms with Gasteiger partial charge in [0.1, 0.15) is 12.5 Å². The Hall–Kier alpha value is -2.48. The van der Waals surface area contributed by atoms with E-state index in [2.05, 4.69) is 15.3 Å². The van der Waals surface area contributed by atoms with Crippen molar-refractivity contribution in [1.82, 2.24) is 14.5 Å². The molecule has 138 valence electrons. The van der Waals surface area contributed by atoms with E-state index in [0.717, 1.165) is 13.1 Å². The van der Waals surface area contributed by atoms with Gasteiger partial charge in [-0.15, -0.1) is 0 Å². The summed E-state index contributed by atoms with van der Waals surface area (Å²) in [4.78, 5) is 7.46. The molecule has 26 heavy (non-hydrogen) atoms. The lowest BCUT2D eigenvalue weighted by Gasteiger charge is -2.16. The maximum atomic E-state index is 13.9. The number of aryl methyl sites for hydroxylation is 1. The van der Waals surface area contributed by atoms with Crippen LogP contribution in [0.15, 0.2) is 24.4 Å². The minimum Gasteiger partial charge on any atom is -0.494 e. The van der Waals surface area contributed by atoms with E-state index >= 15 is 0 Å². The van der Waals surface area contributed by atoms with Crippen molar-refractivity contribution in [3.05, 3.63) is 40.9 Å². The third kappa shape index (κ3) is 3.16. The highest BCUT2D eigenvalue weighted by Gasteiger charge is 2.30. The van der Waals surface area contributed by atoms with E-state index in [1.165, 1.54) is 4.57 Å². The molecule has 0 amide bonds. The van der Waals surface area contributed by atoms with Crippen molar-refractivity contribution in [3.8, 4) is 5.88 Å². The van der Waals surface area contributed by atoms with Gasteiger partial charge in [0.05, 0.1) is 23.2 Å². The van der Waals surface area contributed by atoms with Gasteiger partial charge < -0.3 is 15.0 Å². The van der Waals surface area contributed by atoms with Crippen LogP contribution in [0.1, 0.15) is 18.2 Å². The Labute approximate surface area is 152 Å². The summed E-state index contributed by atoms with van der Waals surface area (Å²) in [5.41, 5.74) is 0.583. The van der Waals surface area contributed by atoms with Crippen LogP contribution in [0.3, 0.4) is 0 Å². The van der Waals surface area contributed by atoms with E-state index in [1.54, 1.807) is 25.1 Å². The minimum atomic E-state index is -3.20. The third-order valence-corrected chi connectivity index (χ3v) is 4.31. The second kappa shape index (κ2) is 6.68. The molecule has 3 aromatic rings. The maximum absolute atomic E-state index is 13.9. The zero-order valence-electron chi connectivity index (χ0n) is 14.0. The van der Waals surface area contributed by atoms with Gasteiger partial charge in [-0.3, -0.25) is 0 Å². The first-order valence-electron chi connectivity index (χ1n) is 7.78. The van der Waals surface area contributed by atoms with E-state index in [4.69, 9.17) is 11.6 Å². The third-order valence-electron chi connectivity index (χ3n) is 4.13. The molecule has 3 rings (SSSR count). The summed E-state index contributed by atoms with van der Waals surface area (Å²) < 4.78 is 41.9. The number of nitrogens with zero attached hydrogens (tertiary/aromatic N) is 3. The molecular weight excluding hydrogens is 369 g/mol. The minimum absolute atomic E-state index is 0.0105. The normalized spacial score (nSPS) is 11.9. The molecule has 1 aromatic carbocycles. The van der Waals surface area contributed by atoms with Gasteiger partial charge in [0.25, 0.3) is 5.92 Å². The van der Waals surface area contributed by atoms with Crippen molar-refractivity contribution in [2.75, 3.05) is 12.0 Å². The Balaban J connectivity index is 2.17. The molecule has 2 N–H and O–H groups in total. The highest BCUT2D eigenvalue weighted by atomic mass is 35.5. The molecule has 0 radical (unpaired) electrons. The fourth-order valence-corrected chi connectivity index (χ4v) is 3.03. The average molecular weight is 385 g/mol. The standard InChI is InChI=1S/C17H16ClF3N4O/c1-9-10-4-3-5-12(13(10)15(26)25(9)7-6-19)23-14-11(17(2,20)21)8-22-16(18)24-14/h3-5,8,26H,6-7H2,1-2H3,(H,22,23,24). The first-order chi connectivity index (χ1) is 12.2. The molecular formula is C17H16ClF3N4O. The molecule has 0 bridgehead atoms. The van der Waals surface area contributed by atoms with Crippen molar-refractivity contribution in [3.63, 3.8) is 0 Å². The number of aromatic hydroxyl groups is 1. The summed E-state index contributed by atoms with van der Waals surface area (Å²) in [6.45, 7) is 1.81. The number of fused-ring (bicyclic) bond motifs is 1. The SMILES string of the molecule is Cc1c2cccc(Nc3nc(Cl)ncc3C(C)(F)F)c2c(O)n1CCF. The number of benzene rings is 1. The first kappa shape index (κ1) is 18.3. The number of rotatable bonds is 5. The summed E-state index contributed by atoms with van der Waals surface area (Å²) in [6, 6.07) is 5.06. The number of hydrogen-bond acceptors (Lipinski definition) is 4. The number of alkyl halides is 3. The highest BCUT2D eigenvalue weighted by molar-refractivity contribution is 6.28. The number of aromatic nitrogens is 3. The van der Waals surface area contributed by atoms with Crippen LogP contribution in [0.2, 0.25) is 5.28 Å². The number of hydrogen-bond donors (Lipinski definition) is 2. The van der Waals surface area contributed by atoms with Gasteiger partial charge in [-0.05, 0) is 24.6 Å². The summed E-state index contributed by atoms with van der Waals surface area (Å²) in [6.07, 6.45) is 0.956. The second-order valence-corrected chi connectivity index (χ2v) is 6.23. The van der Waals surface area contributed by atoms with Gasteiger partial charge in [0, 0.05) is 24.2 Å². The van der Waals surface area contributed by atoms with Crippen LogP contribution in [-0.2, 0) is 12.5 Å². The van der Waals surface area contributed by atoms with E-state index in [1.807, 2.05) is 0 Å². The fraction of sp³-hybridized carbons (Fsp3) is 0.294. The van der Waals surface area contributed by atoms with Gasteiger partial charge in [-0.25, -0.2) is 18.2 Å². The van der Waals surface area contributed by atoms with Crippen LogP contribution in [0.5, 0.6) is 5.88 Å². The topological polar surface area (TPSA) is 63.0 Å². The fourth-order valence-electron chi connectivity index (χ4n) is 2.90. The maximum Gasteiger partial charge on any atom is 0.275 e. The number of halogens is 4. The zero-order valence-corrected chi connectivity index (χ0v) is 14.8. The van der Waals surface area contributed by atoms with Gasteiger partial charge >= 0.3 is 0 Å². The summed E-state index contributed by atoms with van der Waals surface area (Å²) in [7, 11) is 0. The van der Waals surface area contributed by atoms with Crippen molar-refractivity contribution in [2.45, 2.75) is 26.3 Å². The van der Waals surface area contributed by atoms with Gasteiger partial charge in [-0.2, -0.15) is 4.98 Å². The summed E-state index contributed by atoms with van der Waals surface area (Å²) >= 11 is 5.75. The Morgan fingerprint density at radius 2 is 2.08 bits per heavy atom. The number of anilines is 2. The van der Waals surface area contributed by atoms with Crippen LogP contribution in [0.25, 0.3) is 10.8 Å². The number of nitrogens with one attached hydrogen (secondary N) is 1. The summed E-state index contributed by atoms with van der Waals surface area (Å²) in [5, 5.41) is 14.2. The predicted molar refractivity (Wildman–Crippen MR) is 94.2 cm³/mol.